The van der Waals surface area contributed by atoms with E-state index in [9.17, 15) is 9.50 Å². The molecule has 2 rings (SSSR count). The third-order valence-electron chi connectivity index (χ3n) is 4.13. The Labute approximate surface area is 114 Å². The molecule has 1 N–H and O–H groups in total. The van der Waals surface area contributed by atoms with Crippen molar-refractivity contribution in [2.75, 3.05) is 7.11 Å². The van der Waals surface area contributed by atoms with E-state index in [0.29, 0.717) is 5.56 Å². The van der Waals surface area contributed by atoms with Gasteiger partial charge in [0.25, 0.3) is 0 Å². The van der Waals surface area contributed by atoms with Gasteiger partial charge >= 0.3 is 0 Å². The van der Waals surface area contributed by atoms with Crippen molar-refractivity contribution in [3.63, 3.8) is 0 Å². The number of hydrogen-bond acceptors (Lipinski definition) is 2. The average molecular weight is 266 g/mol. The van der Waals surface area contributed by atoms with E-state index in [2.05, 4.69) is 0 Å². The summed E-state index contributed by atoms with van der Waals surface area (Å²) in [5.74, 6) is -0.0381. The van der Waals surface area contributed by atoms with Crippen molar-refractivity contribution in [3.8, 4) is 5.75 Å². The summed E-state index contributed by atoms with van der Waals surface area (Å²) in [6, 6.07) is 4.99. The summed E-state index contributed by atoms with van der Waals surface area (Å²) >= 11 is 0. The van der Waals surface area contributed by atoms with Crippen LogP contribution in [0, 0.1) is 11.7 Å². The molecule has 1 fully saturated rings. The smallest absolute Gasteiger partial charge is 0.170 e. The molecular formula is C16H23FO2. The van der Waals surface area contributed by atoms with E-state index in [-0.39, 0.29) is 11.7 Å². The first-order valence-corrected chi connectivity index (χ1v) is 7.24. The molecule has 106 valence electrons. The Balaban J connectivity index is 2.15. The first kappa shape index (κ1) is 14.3. The van der Waals surface area contributed by atoms with Crippen LogP contribution in [0.1, 0.15) is 56.6 Å². The van der Waals surface area contributed by atoms with Crippen LogP contribution < -0.4 is 4.74 Å². The van der Waals surface area contributed by atoms with Gasteiger partial charge in [0.1, 0.15) is 0 Å². The Morgan fingerprint density at radius 2 is 1.79 bits per heavy atom. The average Bonchev–Trinajstić information content (AvgIpc) is 2.38. The molecule has 1 aromatic carbocycles. The molecule has 0 aromatic heterocycles. The number of benzene rings is 1. The zero-order valence-electron chi connectivity index (χ0n) is 11.6. The minimum atomic E-state index is -0.715. The van der Waals surface area contributed by atoms with Crippen molar-refractivity contribution in [2.45, 2.75) is 51.0 Å². The van der Waals surface area contributed by atoms with Crippen LogP contribution in [0.25, 0.3) is 0 Å². The maximum atomic E-state index is 14.2. The van der Waals surface area contributed by atoms with Crippen molar-refractivity contribution < 1.29 is 14.2 Å². The monoisotopic (exact) mass is 266 g/mol. The highest BCUT2D eigenvalue weighted by molar-refractivity contribution is 5.32. The third-order valence-corrected chi connectivity index (χ3v) is 4.13. The van der Waals surface area contributed by atoms with E-state index in [1.807, 2.05) is 0 Å². The van der Waals surface area contributed by atoms with Crippen molar-refractivity contribution in [3.05, 3.63) is 29.6 Å². The van der Waals surface area contributed by atoms with Gasteiger partial charge in [-0.05, 0) is 24.8 Å². The molecule has 19 heavy (non-hydrogen) atoms. The predicted molar refractivity (Wildman–Crippen MR) is 73.7 cm³/mol. The van der Waals surface area contributed by atoms with E-state index in [1.165, 1.54) is 26.4 Å². The molecule has 1 atom stereocenters. The normalized spacial score (nSPS) is 19.5. The van der Waals surface area contributed by atoms with E-state index in [0.717, 1.165) is 25.7 Å². The minimum Gasteiger partial charge on any atom is -0.494 e. The molecule has 0 aliphatic heterocycles. The molecule has 3 heteroatoms. The summed E-state index contributed by atoms with van der Waals surface area (Å²) in [6.07, 6.45) is 7.26. The molecule has 0 amide bonds. The number of ether oxygens (including phenoxy) is 1. The summed E-state index contributed by atoms with van der Waals surface area (Å²) in [4.78, 5) is 0. The molecule has 0 heterocycles. The van der Waals surface area contributed by atoms with Crippen LogP contribution in [0.2, 0.25) is 0 Å². The van der Waals surface area contributed by atoms with Crippen LogP contribution in [0.15, 0.2) is 18.2 Å². The predicted octanol–water partition coefficient (Wildman–Crippen LogP) is 4.23. The molecule has 1 saturated carbocycles. The lowest BCUT2D eigenvalue weighted by atomic mass is 9.84. The molecule has 0 bridgehead atoms. The van der Waals surface area contributed by atoms with E-state index in [4.69, 9.17) is 4.74 Å². The number of hydrogen-bond donors (Lipinski definition) is 1. The molecule has 1 aliphatic rings. The fourth-order valence-electron chi connectivity index (χ4n) is 2.97. The van der Waals surface area contributed by atoms with Crippen LogP contribution in [0.3, 0.4) is 0 Å². The summed E-state index contributed by atoms with van der Waals surface area (Å²) < 4.78 is 19.2. The Morgan fingerprint density at radius 1 is 1.16 bits per heavy atom. The van der Waals surface area contributed by atoms with Gasteiger partial charge in [-0.25, -0.2) is 4.39 Å². The maximum absolute atomic E-state index is 14.2. The third kappa shape index (κ3) is 3.47. The van der Waals surface area contributed by atoms with Gasteiger partial charge in [-0.1, -0.05) is 44.2 Å². The molecule has 1 unspecified atom stereocenters. The van der Waals surface area contributed by atoms with Gasteiger partial charge in [0.15, 0.2) is 11.6 Å². The van der Waals surface area contributed by atoms with Gasteiger partial charge in [0, 0.05) is 5.56 Å². The maximum Gasteiger partial charge on any atom is 0.170 e. The fourth-order valence-corrected chi connectivity index (χ4v) is 2.97. The Kier molecular flexibility index (Phi) is 5.20. The summed E-state index contributed by atoms with van der Waals surface area (Å²) in [5, 5.41) is 10.5. The molecular weight excluding hydrogens is 243 g/mol. The number of halogens is 1. The highest BCUT2D eigenvalue weighted by Crippen LogP contribution is 2.35. The zero-order valence-corrected chi connectivity index (χ0v) is 11.6. The van der Waals surface area contributed by atoms with Gasteiger partial charge in [-0.3, -0.25) is 0 Å². The lowest BCUT2D eigenvalue weighted by molar-refractivity contribution is 0.0874. The standard InChI is InChI=1S/C16H23FO2/c1-19-14-11-7-10-13(15(14)17)16(18)12-8-5-3-2-4-6-9-12/h7,10-12,16,18H,2-6,8-9H2,1H3. The highest BCUT2D eigenvalue weighted by atomic mass is 19.1. The number of methoxy groups -OCH3 is 1. The second-order valence-corrected chi connectivity index (χ2v) is 5.41. The second kappa shape index (κ2) is 6.90. The van der Waals surface area contributed by atoms with Gasteiger partial charge < -0.3 is 9.84 Å². The lowest BCUT2D eigenvalue weighted by Crippen LogP contribution is -2.16. The summed E-state index contributed by atoms with van der Waals surface area (Å²) in [6.45, 7) is 0. The molecule has 2 nitrogen and oxygen atoms in total. The fraction of sp³-hybridized carbons (Fsp3) is 0.625. The number of aliphatic hydroxyl groups is 1. The van der Waals surface area contributed by atoms with Crippen molar-refractivity contribution in [1.29, 1.82) is 0 Å². The van der Waals surface area contributed by atoms with Crippen LogP contribution in [0.5, 0.6) is 5.75 Å². The van der Waals surface area contributed by atoms with E-state index < -0.39 is 11.9 Å². The Bertz CT molecular complexity index is 398. The Morgan fingerprint density at radius 3 is 2.42 bits per heavy atom. The first-order valence-electron chi connectivity index (χ1n) is 7.24. The van der Waals surface area contributed by atoms with Crippen LogP contribution in [-0.4, -0.2) is 12.2 Å². The van der Waals surface area contributed by atoms with Crippen molar-refractivity contribution in [2.24, 2.45) is 5.92 Å². The van der Waals surface area contributed by atoms with Crippen LogP contribution in [-0.2, 0) is 0 Å². The molecule has 1 aliphatic carbocycles. The number of rotatable bonds is 3. The Hall–Kier alpha value is -1.09. The topological polar surface area (TPSA) is 29.5 Å². The first-order chi connectivity index (χ1) is 9.24. The van der Waals surface area contributed by atoms with Crippen LogP contribution in [0.4, 0.5) is 4.39 Å². The van der Waals surface area contributed by atoms with E-state index >= 15 is 0 Å². The summed E-state index contributed by atoms with van der Waals surface area (Å²) in [7, 11) is 1.45. The van der Waals surface area contributed by atoms with Gasteiger partial charge in [-0.2, -0.15) is 0 Å². The molecule has 0 saturated heterocycles. The minimum absolute atomic E-state index is 0.168. The quantitative estimate of drug-likeness (QED) is 0.887. The summed E-state index contributed by atoms with van der Waals surface area (Å²) in [5.41, 5.74) is 0.380. The zero-order chi connectivity index (χ0) is 13.7. The largest absolute Gasteiger partial charge is 0.494 e. The van der Waals surface area contributed by atoms with E-state index in [1.54, 1.807) is 18.2 Å². The van der Waals surface area contributed by atoms with Crippen molar-refractivity contribution in [1.82, 2.24) is 0 Å². The van der Waals surface area contributed by atoms with Gasteiger partial charge in [-0.15, -0.1) is 0 Å². The molecule has 0 spiro atoms. The molecule has 1 aromatic rings. The second-order valence-electron chi connectivity index (χ2n) is 5.41. The highest BCUT2D eigenvalue weighted by Gasteiger charge is 2.25. The van der Waals surface area contributed by atoms with Gasteiger partial charge in [0.05, 0.1) is 13.2 Å². The van der Waals surface area contributed by atoms with Crippen molar-refractivity contribution >= 4 is 0 Å². The lowest BCUT2D eigenvalue weighted by Gasteiger charge is -2.25. The SMILES string of the molecule is COc1cccc(C(O)C2CCCCCCC2)c1F. The van der Waals surface area contributed by atoms with Crippen LogP contribution >= 0.6 is 0 Å². The number of aliphatic hydroxyl groups excluding tert-OH is 1. The molecule has 0 radical (unpaired) electrons. The van der Waals surface area contributed by atoms with Gasteiger partial charge in [0.2, 0.25) is 0 Å².